The molecule has 1 heterocycles. The number of rotatable bonds is 3. The van der Waals surface area contributed by atoms with Crippen molar-refractivity contribution < 1.29 is 9.52 Å². The first-order chi connectivity index (χ1) is 9.65. The van der Waals surface area contributed by atoms with E-state index in [-0.39, 0.29) is 0 Å². The zero-order valence-electron chi connectivity index (χ0n) is 11.1. The maximum atomic E-state index is 11.4. The van der Waals surface area contributed by atoms with Gasteiger partial charge in [0.05, 0.1) is 11.6 Å². The number of benzene rings is 2. The van der Waals surface area contributed by atoms with Crippen LogP contribution in [0, 0.1) is 0 Å². The zero-order chi connectivity index (χ0) is 14.1. The van der Waals surface area contributed by atoms with Gasteiger partial charge in [-0.2, -0.15) is 0 Å². The van der Waals surface area contributed by atoms with Gasteiger partial charge in [-0.05, 0) is 23.3 Å². The molecule has 20 heavy (non-hydrogen) atoms. The molecule has 0 amide bonds. The molecule has 0 aliphatic rings. The van der Waals surface area contributed by atoms with Crippen molar-refractivity contribution in [1.82, 2.24) is 4.57 Å². The molecule has 0 aliphatic heterocycles. The van der Waals surface area contributed by atoms with Gasteiger partial charge in [0.1, 0.15) is 0 Å². The largest absolute Gasteiger partial charge is 0.419 e. The third kappa shape index (κ3) is 2.26. The number of aliphatic hydroxyl groups excluding tert-OH is 1. The third-order valence-corrected chi connectivity index (χ3v) is 3.47. The minimum absolute atomic E-state index is 0.394. The Morgan fingerprint density at radius 2 is 1.95 bits per heavy atom. The van der Waals surface area contributed by atoms with Gasteiger partial charge < -0.3 is 9.52 Å². The van der Waals surface area contributed by atoms with Gasteiger partial charge in [-0.25, -0.2) is 4.79 Å². The Hall–Kier alpha value is -2.33. The number of nitrogens with zero attached hydrogens (tertiary/aromatic N) is 1. The topological polar surface area (TPSA) is 55.4 Å². The minimum atomic E-state index is -0.618. The quantitative estimate of drug-likeness (QED) is 0.794. The van der Waals surface area contributed by atoms with Crippen LogP contribution in [-0.2, 0) is 13.5 Å². The van der Waals surface area contributed by atoms with Gasteiger partial charge in [0.2, 0.25) is 0 Å². The van der Waals surface area contributed by atoms with Crippen molar-refractivity contribution in [3.8, 4) is 0 Å². The van der Waals surface area contributed by atoms with Crippen LogP contribution in [0.1, 0.15) is 17.2 Å². The average Bonchev–Trinajstić information content (AvgIpc) is 2.74. The van der Waals surface area contributed by atoms with Crippen LogP contribution in [0.2, 0.25) is 0 Å². The molecule has 0 spiro atoms. The predicted molar refractivity (Wildman–Crippen MR) is 76.6 cm³/mol. The van der Waals surface area contributed by atoms with Gasteiger partial charge in [0.15, 0.2) is 5.58 Å². The molecule has 0 aliphatic carbocycles. The number of aromatic nitrogens is 1. The number of aliphatic hydroxyl groups is 1. The lowest BCUT2D eigenvalue weighted by Gasteiger charge is -2.10. The highest BCUT2D eigenvalue weighted by atomic mass is 16.4. The lowest BCUT2D eigenvalue weighted by Crippen LogP contribution is -2.08. The summed E-state index contributed by atoms with van der Waals surface area (Å²) in [5.74, 6) is -0.394. The first-order valence-electron chi connectivity index (χ1n) is 6.46. The van der Waals surface area contributed by atoms with Gasteiger partial charge in [-0.3, -0.25) is 4.57 Å². The van der Waals surface area contributed by atoms with E-state index in [0.29, 0.717) is 12.0 Å². The van der Waals surface area contributed by atoms with Gasteiger partial charge in [0.25, 0.3) is 0 Å². The van der Waals surface area contributed by atoms with Gasteiger partial charge in [0, 0.05) is 13.5 Å². The van der Waals surface area contributed by atoms with Crippen LogP contribution < -0.4 is 5.76 Å². The summed E-state index contributed by atoms with van der Waals surface area (Å²) in [6.07, 6.45) is -0.0871. The van der Waals surface area contributed by atoms with E-state index in [2.05, 4.69) is 0 Å². The Balaban J connectivity index is 1.92. The summed E-state index contributed by atoms with van der Waals surface area (Å²) in [4.78, 5) is 11.4. The highest BCUT2D eigenvalue weighted by molar-refractivity contribution is 5.73. The molecule has 0 radical (unpaired) electrons. The second kappa shape index (κ2) is 4.98. The predicted octanol–water partition coefficient (Wildman–Crippen LogP) is 2.41. The van der Waals surface area contributed by atoms with E-state index in [4.69, 9.17) is 4.42 Å². The minimum Gasteiger partial charge on any atom is -0.408 e. The van der Waals surface area contributed by atoms with Crippen LogP contribution in [0.3, 0.4) is 0 Å². The second-order valence-corrected chi connectivity index (χ2v) is 4.86. The molecule has 1 unspecified atom stereocenters. The fourth-order valence-electron chi connectivity index (χ4n) is 2.31. The van der Waals surface area contributed by atoms with Crippen LogP contribution in [0.25, 0.3) is 11.1 Å². The van der Waals surface area contributed by atoms with Crippen molar-refractivity contribution in [2.75, 3.05) is 0 Å². The maximum absolute atomic E-state index is 11.4. The number of hydrogen-bond acceptors (Lipinski definition) is 3. The van der Waals surface area contributed by atoms with Crippen LogP contribution in [-0.4, -0.2) is 9.67 Å². The average molecular weight is 269 g/mol. The van der Waals surface area contributed by atoms with Gasteiger partial charge in [-0.1, -0.05) is 36.4 Å². The molecule has 1 N–H and O–H groups in total. The van der Waals surface area contributed by atoms with Crippen molar-refractivity contribution in [2.45, 2.75) is 12.5 Å². The molecule has 0 fully saturated rings. The third-order valence-electron chi connectivity index (χ3n) is 3.47. The summed E-state index contributed by atoms with van der Waals surface area (Å²) in [6, 6.07) is 15.1. The lowest BCUT2D eigenvalue weighted by atomic mass is 10.0. The Morgan fingerprint density at radius 3 is 2.70 bits per heavy atom. The molecule has 0 saturated carbocycles. The van der Waals surface area contributed by atoms with E-state index in [0.717, 1.165) is 16.6 Å². The van der Waals surface area contributed by atoms with Crippen molar-refractivity contribution in [1.29, 1.82) is 0 Å². The zero-order valence-corrected chi connectivity index (χ0v) is 11.1. The van der Waals surface area contributed by atoms with E-state index in [1.54, 1.807) is 19.2 Å². The van der Waals surface area contributed by atoms with Crippen molar-refractivity contribution >= 4 is 11.1 Å². The summed E-state index contributed by atoms with van der Waals surface area (Å²) < 4.78 is 6.58. The normalized spacial score (nSPS) is 12.7. The molecule has 4 nitrogen and oxygen atoms in total. The summed E-state index contributed by atoms with van der Waals surface area (Å²) in [6.45, 7) is 0. The highest BCUT2D eigenvalue weighted by Gasteiger charge is 2.12. The molecular formula is C16H15NO3. The number of hydrogen-bond donors (Lipinski definition) is 1. The molecule has 2 aromatic carbocycles. The Morgan fingerprint density at radius 1 is 1.20 bits per heavy atom. The Bertz CT molecular complexity index is 786. The maximum Gasteiger partial charge on any atom is 0.419 e. The Kier molecular flexibility index (Phi) is 3.16. The van der Waals surface area contributed by atoms with Crippen molar-refractivity contribution in [3.63, 3.8) is 0 Å². The van der Waals surface area contributed by atoms with E-state index < -0.39 is 11.9 Å². The molecule has 1 aromatic heterocycles. The fourth-order valence-corrected chi connectivity index (χ4v) is 2.31. The molecule has 102 valence electrons. The van der Waals surface area contributed by atoms with Crippen LogP contribution >= 0.6 is 0 Å². The fraction of sp³-hybridized carbons (Fsp3) is 0.188. The van der Waals surface area contributed by atoms with E-state index in [9.17, 15) is 9.90 Å². The summed E-state index contributed by atoms with van der Waals surface area (Å²) in [5, 5.41) is 10.3. The van der Waals surface area contributed by atoms with Gasteiger partial charge in [-0.15, -0.1) is 0 Å². The summed E-state index contributed by atoms with van der Waals surface area (Å²) >= 11 is 0. The smallest absolute Gasteiger partial charge is 0.408 e. The summed E-state index contributed by atoms with van der Waals surface area (Å²) in [5.41, 5.74) is 3.04. The molecular weight excluding hydrogens is 254 g/mol. The SMILES string of the molecule is Cn1c(=O)oc2cc(C(O)Cc3ccccc3)ccc21. The van der Waals surface area contributed by atoms with Crippen LogP contribution in [0.5, 0.6) is 0 Å². The summed E-state index contributed by atoms with van der Waals surface area (Å²) in [7, 11) is 1.66. The molecule has 3 aromatic rings. The van der Waals surface area contributed by atoms with E-state index in [1.807, 2.05) is 36.4 Å². The van der Waals surface area contributed by atoms with E-state index in [1.165, 1.54) is 4.57 Å². The van der Waals surface area contributed by atoms with Crippen molar-refractivity contribution in [3.05, 3.63) is 70.2 Å². The monoisotopic (exact) mass is 269 g/mol. The van der Waals surface area contributed by atoms with E-state index >= 15 is 0 Å². The lowest BCUT2D eigenvalue weighted by molar-refractivity contribution is 0.178. The second-order valence-electron chi connectivity index (χ2n) is 4.86. The van der Waals surface area contributed by atoms with Crippen molar-refractivity contribution in [2.24, 2.45) is 7.05 Å². The standard InChI is InChI=1S/C16H15NO3/c1-17-13-8-7-12(10-15(13)20-16(17)19)14(18)9-11-5-3-2-4-6-11/h2-8,10,14,18H,9H2,1H3. The Labute approximate surface area is 115 Å². The van der Waals surface area contributed by atoms with Gasteiger partial charge >= 0.3 is 5.76 Å². The molecule has 0 bridgehead atoms. The molecule has 0 saturated heterocycles. The number of aryl methyl sites for hydroxylation is 1. The van der Waals surface area contributed by atoms with Crippen LogP contribution in [0.15, 0.2) is 57.7 Å². The first kappa shape index (κ1) is 12.7. The number of oxazole rings is 1. The molecule has 4 heteroatoms. The first-order valence-corrected chi connectivity index (χ1v) is 6.46. The number of fused-ring (bicyclic) bond motifs is 1. The highest BCUT2D eigenvalue weighted by Crippen LogP contribution is 2.22. The molecule has 1 atom stereocenters. The molecule has 3 rings (SSSR count). The van der Waals surface area contributed by atoms with Crippen LogP contribution in [0.4, 0.5) is 0 Å².